The molecule has 2 aliphatic rings. The number of benzene rings is 1. The lowest BCUT2D eigenvalue weighted by atomic mass is 10.1. The van der Waals surface area contributed by atoms with Gasteiger partial charge in [0, 0.05) is 52.2 Å². The fraction of sp³-hybridized carbons (Fsp3) is 0.400. The second-order valence-corrected chi connectivity index (χ2v) is 10.0. The maximum Gasteiger partial charge on any atom is 0.435 e. The summed E-state index contributed by atoms with van der Waals surface area (Å²) < 4.78 is 43.6. The standard InChI is InChI=1S/C25H26ClF3N8O3/c1-30-24(40)36-9-7-35(8-10-36)23(39)16-6-3-14(11-18(16)26)32-22(38)21-31-12-19(34(21)2)17-13-37(15-4-5-15)33-20(17)25(27,28)29/h3,6,11-13,15H,4-5,7-10H2,1-2H3,(H,30,40)(H,32,38). The van der Waals surface area contributed by atoms with Crippen LogP contribution in [0.5, 0.6) is 0 Å². The van der Waals surface area contributed by atoms with Crippen molar-refractivity contribution >= 4 is 35.1 Å². The van der Waals surface area contributed by atoms with E-state index in [0.717, 1.165) is 12.8 Å². The molecule has 2 fully saturated rings. The fourth-order valence-electron chi connectivity index (χ4n) is 4.58. The van der Waals surface area contributed by atoms with Crippen LogP contribution in [-0.2, 0) is 13.2 Å². The van der Waals surface area contributed by atoms with Gasteiger partial charge in [-0.25, -0.2) is 9.78 Å². The first-order valence-corrected chi connectivity index (χ1v) is 12.9. The predicted octanol–water partition coefficient (Wildman–Crippen LogP) is 3.64. The molecule has 1 aliphatic carbocycles. The van der Waals surface area contributed by atoms with Crippen molar-refractivity contribution in [3.8, 4) is 11.3 Å². The maximum atomic E-state index is 13.7. The maximum absolute atomic E-state index is 13.7. The topological polar surface area (TPSA) is 117 Å². The number of carbonyl (C=O) groups is 3. The smallest absolute Gasteiger partial charge is 0.341 e. The van der Waals surface area contributed by atoms with Crippen molar-refractivity contribution in [2.45, 2.75) is 25.1 Å². The number of nitrogens with zero attached hydrogens (tertiary/aromatic N) is 6. The minimum atomic E-state index is -4.67. The van der Waals surface area contributed by atoms with Gasteiger partial charge >= 0.3 is 12.2 Å². The Morgan fingerprint density at radius 1 is 1.07 bits per heavy atom. The van der Waals surface area contributed by atoms with Crippen molar-refractivity contribution in [1.82, 2.24) is 34.4 Å². The molecular weight excluding hydrogens is 553 g/mol. The summed E-state index contributed by atoms with van der Waals surface area (Å²) in [5, 5.41) is 9.04. The van der Waals surface area contributed by atoms with Gasteiger partial charge in [-0.3, -0.25) is 14.3 Å². The van der Waals surface area contributed by atoms with E-state index in [1.165, 1.54) is 46.9 Å². The second kappa shape index (κ2) is 10.5. The number of urea groups is 1. The van der Waals surface area contributed by atoms with Crippen LogP contribution >= 0.6 is 11.6 Å². The molecule has 40 heavy (non-hydrogen) atoms. The second-order valence-electron chi connectivity index (χ2n) is 9.61. The van der Waals surface area contributed by atoms with E-state index >= 15 is 0 Å². The number of hydrogen-bond donors (Lipinski definition) is 2. The Balaban J connectivity index is 1.29. The third-order valence-corrected chi connectivity index (χ3v) is 7.23. The minimum Gasteiger partial charge on any atom is -0.341 e. The molecule has 2 N–H and O–H groups in total. The van der Waals surface area contributed by atoms with Gasteiger partial charge in [0.2, 0.25) is 0 Å². The van der Waals surface area contributed by atoms with E-state index in [1.807, 2.05) is 0 Å². The van der Waals surface area contributed by atoms with Crippen LogP contribution < -0.4 is 10.6 Å². The van der Waals surface area contributed by atoms with Gasteiger partial charge in [-0.05, 0) is 31.0 Å². The zero-order valence-electron chi connectivity index (χ0n) is 21.6. The molecule has 15 heteroatoms. The molecule has 0 spiro atoms. The quantitative estimate of drug-likeness (QED) is 0.479. The van der Waals surface area contributed by atoms with Crippen LogP contribution in [0.15, 0.2) is 30.6 Å². The molecule has 1 saturated carbocycles. The highest BCUT2D eigenvalue weighted by molar-refractivity contribution is 6.34. The lowest BCUT2D eigenvalue weighted by Crippen LogP contribution is -2.52. The number of aromatic nitrogens is 4. The molecule has 0 atom stereocenters. The molecule has 0 unspecified atom stereocenters. The number of carbonyl (C=O) groups excluding carboxylic acids is 3. The molecular formula is C25H26ClF3N8O3. The Bertz CT molecular complexity index is 1470. The first-order chi connectivity index (χ1) is 19.0. The number of imidazole rings is 1. The summed E-state index contributed by atoms with van der Waals surface area (Å²) in [4.78, 5) is 45.0. The molecule has 1 aromatic carbocycles. The van der Waals surface area contributed by atoms with Crippen LogP contribution in [0.1, 0.15) is 45.6 Å². The summed E-state index contributed by atoms with van der Waals surface area (Å²) in [6.07, 6.45) is -0.600. The summed E-state index contributed by atoms with van der Waals surface area (Å²) in [5.41, 5.74) is -0.579. The summed E-state index contributed by atoms with van der Waals surface area (Å²) in [5.74, 6) is -1.09. The van der Waals surface area contributed by atoms with Crippen molar-refractivity contribution in [2.24, 2.45) is 7.05 Å². The first kappa shape index (κ1) is 27.5. The Kier molecular flexibility index (Phi) is 7.21. The van der Waals surface area contributed by atoms with Crippen molar-refractivity contribution in [3.63, 3.8) is 0 Å². The third kappa shape index (κ3) is 5.35. The predicted molar refractivity (Wildman–Crippen MR) is 139 cm³/mol. The highest BCUT2D eigenvalue weighted by atomic mass is 35.5. The number of amides is 4. The summed E-state index contributed by atoms with van der Waals surface area (Å²) >= 11 is 6.37. The normalized spacial score (nSPS) is 15.8. The Labute approximate surface area is 231 Å². The van der Waals surface area contributed by atoms with Crippen molar-refractivity contribution < 1.29 is 27.6 Å². The van der Waals surface area contributed by atoms with Gasteiger partial charge in [0.25, 0.3) is 11.8 Å². The summed E-state index contributed by atoms with van der Waals surface area (Å²) in [6, 6.07) is 4.13. The van der Waals surface area contributed by atoms with E-state index in [0.29, 0.717) is 26.2 Å². The number of rotatable bonds is 5. The number of nitrogens with one attached hydrogen (secondary N) is 2. The minimum absolute atomic E-state index is 0.0578. The number of halogens is 4. The molecule has 3 aromatic rings. The number of piperazine rings is 1. The van der Waals surface area contributed by atoms with Crippen molar-refractivity contribution in [3.05, 3.63) is 52.7 Å². The van der Waals surface area contributed by atoms with Crippen LogP contribution in [0.3, 0.4) is 0 Å². The molecule has 11 nitrogen and oxygen atoms in total. The Morgan fingerprint density at radius 2 is 1.75 bits per heavy atom. The monoisotopic (exact) mass is 578 g/mol. The van der Waals surface area contributed by atoms with Gasteiger partial charge in [-0.15, -0.1) is 0 Å². The zero-order chi connectivity index (χ0) is 28.8. The molecule has 212 valence electrons. The zero-order valence-corrected chi connectivity index (χ0v) is 22.4. The van der Waals surface area contributed by atoms with Gasteiger partial charge < -0.3 is 25.0 Å². The van der Waals surface area contributed by atoms with Gasteiger partial charge in [0.15, 0.2) is 11.5 Å². The van der Waals surface area contributed by atoms with Crippen molar-refractivity contribution in [2.75, 3.05) is 38.5 Å². The molecule has 4 amide bonds. The molecule has 2 aromatic heterocycles. The number of hydrogen-bond acceptors (Lipinski definition) is 5. The molecule has 1 aliphatic heterocycles. The molecule has 1 saturated heterocycles. The van der Waals surface area contributed by atoms with Crippen LogP contribution in [0.25, 0.3) is 11.3 Å². The van der Waals surface area contributed by atoms with Crippen LogP contribution in [-0.4, -0.2) is 80.2 Å². The summed E-state index contributed by atoms with van der Waals surface area (Å²) in [7, 11) is 2.99. The van der Waals surface area contributed by atoms with E-state index < -0.39 is 17.8 Å². The van der Waals surface area contributed by atoms with Crippen LogP contribution in [0, 0.1) is 0 Å². The van der Waals surface area contributed by atoms with E-state index in [-0.39, 0.29) is 51.3 Å². The highest BCUT2D eigenvalue weighted by Gasteiger charge is 2.40. The van der Waals surface area contributed by atoms with Gasteiger partial charge in [-0.1, -0.05) is 11.6 Å². The highest BCUT2D eigenvalue weighted by Crippen LogP contribution is 2.41. The van der Waals surface area contributed by atoms with E-state index in [9.17, 15) is 27.6 Å². The molecule has 3 heterocycles. The van der Waals surface area contributed by atoms with E-state index in [2.05, 4.69) is 20.7 Å². The number of anilines is 1. The van der Waals surface area contributed by atoms with E-state index in [1.54, 1.807) is 16.8 Å². The SMILES string of the molecule is CNC(=O)N1CCN(C(=O)c2ccc(NC(=O)c3ncc(-c4cn(C5CC5)nc4C(F)(F)F)n3C)cc2Cl)CC1. The Hall–Kier alpha value is -4.07. The average molecular weight is 579 g/mol. The third-order valence-electron chi connectivity index (χ3n) is 6.91. The summed E-state index contributed by atoms with van der Waals surface area (Å²) in [6.45, 7) is 1.46. The van der Waals surface area contributed by atoms with E-state index in [4.69, 9.17) is 11.6 Å². The fourth-order valence-corrected chi connectivity index (χ4v) is 4.84. The van der Waals surface area contributed by atoms with Crippen LogP contribution in [0.4, 0.5) is 23.7 Å². The molecule has 0 radical (unpaired) electrons. The number of alkyl halides is 3. The lowest BCUT2D eigenvalue weighted by Gasteiger charge is -2.34. The largest absolute Gasteiger partial charge is 0.435 e. The molecule has 5 rings (SSSR count). The lowest BCUT2D eigenvalue weighted by molar-refractivity contribution is -0.141. The first-order valence-electron chi connectivity index (χ1n) is 12.5. The Morgan fingerprint density at radius 3 is 2.35 bits per heavy atom. The average Bonchev–Trinajstić information content (AvgIpc) is 3.55. The van der Waals surface area contributed by atoms with Crippen molar-refractivity contribution in [1.29, 1.82) is 0 Å². The molecule has 0 bridgehead atoms. The van der Waals surface area contributed by atoms with Crippen LogP contribution in [0.2, 0.25) is 5.02 Å². The van der Waals surface area contributed by atoms with Gasteiger partial charge in [0.1, 0.15) is 0 Å². The van der Waals surface area contributed by atoms with Gasteiger partial charge in [0.05, 0.1) is 34.1 Å². The van der Waals surface area contributed by atoms with Gasteiger partial charge in [-0.2, -0.15) is 18.3 Å².